The zero-order valence-electron chi connectivity index (χ0n) is 17.3. The van der Waals surface area contributed by atoms with Crippen LogP contribution in [0, 0.1) is 17.5 Å². The Morgan fingerprint density at radius 1 is 1.09 bits per heavy atom. The summed E-state index contributed by atoms with van der Waals surface area (Å²) < 4.78 is 71.6. The second-order valence-electron chi connectivity index (χ2n) is 6.49. The molecule has 2 aromatic rings. The molecule has 1 unspecified atom stereocenters. The van der Waals surface area contributed by atoms with Crippen molar-refractivity contribution in [3.63, 3.8) is 0 Å². The highest BCUT2D eigenvalue weighted by molar-refractivity contribution is 7.89. The van der Waals surface area contributed by atoms with Gasteiger partial charge in [-0.2, -0.15) is 4.31 Å². The van der Waals surface area contributed by atoms with E-state index in [1.165, 1.54) is 12.1 Å². The number of ether oxygens (including phenoxy) is 1. The number of benzene rings is 2. The highest BCUT2D eigenvalue weighted by atomic mass is 35.5. The van der Waals surface area contributed by atoms with Crippen molar-refractivity contribution in [3.8, 4) is 0 Å². The molecule has 0 bridgehead atoms. The molecule has 1 atom stereocenters. The molecule has 0 spiro atoms. The van der Waals surface area contributed by atoms with Crippen LogP contribution >= 0.6 is 11.6 Å². The van der Waals surface area contributed by atoms with Crippen molar-refractivity contribution in [1.82, 2.24) is 4.31 Å². The minimum atomic E-state index is -3.98. The van der Waals surface area contributed by atoms with Gasteiger partial charge in [0, 0.05) is 13.1 Å². The number of carbonyl (C=O) groups excluding carboxylic acids is 2. The molecule has 0 heterocycles. The molecular weight excluding hydrogens is 473 g/mol. The fourth-order valence-electron chi connectivity index (χ4n) is 2.67. The molecular formula is C20H20ClF3N2O5S. The fourth-order valence-corrected chi connectivity index (χ4v) is 4.63. The highest BCUT2D eigenvalue weighted by Gasteiger charge is 2.27. The van der Waals surface area contributed by atoms with Gasteiger partial charge in [0.15, 0.2) is 23.6 Å². The Balaban J connectivity index is 2.20. The third-order valence-corrected chi connectivity index (χ3v) is 6.97. The molecule has 12 heteroatoms. The topological polar surface area (TPSA) is 92.8 Å². The molecule has 2 aromatic carbocycles. The van der Waals surface area contributed by atoms with Gasteiger partial charge in [0.1, 0.15) is 4.90 Å². The largest absolute Gasteiger partial charge is 0.449 e. The summed E-state index contributed by atoms with van der Waals surface area (Å²) >= 11 is 6.01. The lowest BCUT2D eigenvalue weighted by atomic mass is 10.2. The van der Waals surface area contributed by atoms with Gasteiger partial charge in [-0.25, -0.2) is 26.4 Å². The van der Waals surface area contributed by atoms with Crippen LogP contribution in [0.4, 0.5) is 18.9 Å². The average Bonchev–Trinajstić information content (AvgIpc) is 2.74. The molecule has 1 N–H and O–H groups in total. The van der Waals surface area contributed by atoms with E-state index in [2.05, 4.69) is 0 Å². The van der Waals surface area contributed by atoms with Crippen LogP contribution in [-0.2, 0) is 19.6 Å². The molecule has 0 saturated heterocycles. The van der Waals surface area contributed by atoms with E-state index in [1.807, 2.05) is 5.32 Å². The third kappa shape index (κ3) is 5.40. The van der Waals surface area contributed by atoms with E-state index < -0.39 is 51.1 Å². The van der Waals surface area contributed by atoms with Crippen molar-refractivity contribution in [2.75, 3.05) is 18.4 Å². The smallest absolute Gasteiger partial charge is 0.338 e. The minimum Gasteiger partial charge on any atom is -0.449 e. The van der Waals surface area contributed by atoms with Crippen LogP contribution in [0.25, 0.3) is 0 Å². The Labute approximate surface area is 188 Å². The standard InChI is InChI=1S/C20H20ClF3N2O5S/c1-4-26(5-2)32(29,30)16-10-12(6-7-13(16)21)20(28)31-11(3)19(27)25-15-9-8-14(22)17(23)18(15)24/h6-11H,4-5H2,1-3H3,(H,25,27). The lowest BCUT2D eigenvalue weighted by Crippen LogP contribution is -2.31. The van der Waals surface area contributed by atoms with E-state index in [-0.39, 0.29) is 28.6 Å². The molecule has 0 aliphatic rings. The van der Waals surface area contributed by atoms with Crippen LogP contribution in [0.2, 0.25) is 5.02 Å². The van der Waals surface area contributed by atoms with Gasteiger partial charge in [-0.05, 0) is 37.3 Å². The van der Waals surface area contributed by atoms with Crippen LogP contribution < -0.4 is 5.32 Å². The van der Waals surface area contributed by atoms with Gasteiger partial charge < -0.3 is 10.1 Å². The predicted molar refractivity (Wildman–Crippen MR) is 111 cm³/mol. The summed E-state index contributed by atoms with van der Waals surface area (Å²) in [6, 6.07) is 4.87. The lowest BCUT2D eigenvalue weighted by Gasteiger charge is -2.20. The number of sulfonamides is 1. The van der Waals surface area contributed by atoms with E-state index in [1.54, 1.807) is 13.8 Å². The van der Waals surface area contributed by atoms with E-state index in [0.29, 0.717) is 6.07 Å². The summed E-state index contributed by atoms with van der Waals surface area (Å²) in [6.07, 6.45) is -1.48. The average molecular weight is 493 g/mol. The lowest BCUT2D eigenvalue weighted by molar-refractivity contribution is -0.123. The van der Waals surface area contributed by atoms with Crippen molar-refractivity contribution in [2.24, 2.45) is 0 Å². The maximum Gasteiger partial charge on any atom is 0.338 e. The fraction of sp³-hybridized carbons (Fsp3) is 0.300. The Morgan fingerprint density at radius 2 is 1.72 bits per heavy atom. The summed E-state index contributed by atoms with van der Waals surface area (Å²) in [7, 11) is -3.98. The summed E-state index contributed by atoms with van der Waals surface area (Å²) in [5, 5.41) is 1.88. The molecule has 174 valence electrons. The number of carbonyl (C=O) groups is 2. The summed E-state index contributed by atoms with van der Waals surface area (Å²) in [5.41, 5.74) is -0.838. The number of amides is 1. The maximum atomic E-state index is 13.7. The quantitative estimate of drug-likeness (QED) is 0.444. The number of hydrogen-bond acceptors (Lipinski definition) is 5. The molecule has 2 rings (SSSR count). The number of nitrogens with zero attached hydrogens (tertiary/aromatic N) is 1. The minimum absolute atomic E-state index is 0.104. The summed E-state index contributed by atoms with van der Waals surface area (Å²) in [5.74, 6) is -6.88. The number of nitrogens with one attached hydrogen (secondary N) is 1. The van der Waals surface area contributed by atoms with Gasteiger partial charge in [-0.3, -0.25) is 4.79 Å². The van der Waals surface area contributed by atoms with Crippen LogP contribution in [0.5, 0.6) is 0 Å². The van der Waals surface area contributed by atoms with Gasteiger partial charge in [-0.1, -0.05) is 25.4 Å². The second-order valence-corrected chi connectivity index (χ2v) is 8.81. The van der Waals surface area contributed by atoms with Gasteiger partial charge in [0.2, 0.25) is 10.0 Å². The zero-order chi connectivity index (χ0) is 24.2. The van der Waals surface area contributed by atoms with Gasteiger partial charge in [0.05, 0.1) is 16.3 Å². The van der Waals surface area contributed by atoms with Gasteiger partial charge in [0.25, 0.3) is 5.91 Å². The first kappa shape index (κ1) is 25.6. The van der Waals surface area contributed by atoms with Gasteiger partial charge in [-0.15, -0.1) is 0 Å². The van der Waals surface area contributed by atoms with Crippen molar-refractivity contribution in [1.29, 1.82) is 0 Å². The molecule has 0 radical (unpaired) electrons. The number of rotatable bonds is 8. The van der Waals surface area contributed by atoms with E-state index in [4.69, 9.17) is 16.3 Å². The molecule has 32 heavy (non-hydrogen) atoms. The monoisotopic (exact) mass is 492 g/mol. The third-order valence-electron chi connectivity index (χ3n) is 4.44. The van der Waals surface area contributed by atoms with Crippen molar-refractivity contribution >= 4 is 39.2 Å². The molecule has 7 nitrogen and oxygen atoms in total. The molecule has 1 amide bonds. The molecule has 0 saturated carbocycles. The van der Waals surface area contributed by atoms with E-state index in [0.717, 1.165) is 23.4 Å². The van der Waals surface area contributed by atoms with Crippen LogP contribution in [0.3, 0.4) is 0 Å². The van der Waals surface area contributed by atoms with Crippen LogP contribution in [0.15, 0.2) is 35.2 Å². The Hall–Kier alpha value is -2.63. The Morgan fingerprint density at radius 3 is 2.31 bits per heavy atom. The van der Waals surface area contributed by atoms with Crippen LogP contribution in [-0.4, -0.2) is 43.8 Å². The number of hydrogen-bond donors (Lipinski definition) is 1. The van der Waals surface area contributed by atoms with Crippen molar-refractivity contribution in [3.05, 3.63) is 58.4 Å². The maximum absolute atomic E-state index is 13.7. The highest BCUT2D eigenvalue weighted by Crippen LogP contribution is 2.26. The predicted octanol–water partition coefficient (Wildman–Crippen LogP) is 3.97. The van der Waals surface area contributed by atoms with E-state index in [9.17, 15) is 31.2 Å². The number of esters is 1. The number of anilines is 1. The normalized spacial score (nSPS) is 12.5. The Kier molecular flexibility index (Phi) is 8.27. The molecule has 0 fully saturated rings. The molecule has 0 aliphatic carbocycles. The summed E-state index contributed by atoms with van der Waals surface area (Å²) in [4.78, 5) is 24.3. The summed E-state index contributed by atoms with van der Waals surface area (Å²) in [6.45, 7) is 4.81. The van der Waals surface area contributed by atoms with Crippen molar-refractivity contribution in [2.45, 2.75) is 31.8 Å². The molecule has 0 aromatic heterocycles. The first-order valence-electron chi connectivity index (χ1n) is 9.39. The first-order valence-corrected chi connectivity index (χ1v) is 11.2. The Bertz CT molecular complexity index is 1140. The zero-order valence-corrected chi connectivity index (χ0v) is 18.9. The van der Waals surface area contributed by atoms with Gasteiger partial charge >= 0.3 is 5.97 Å². The van der Waals surface area contributed by atoms with Crippen molar-refractivity contribution < 1.29 is 35.9 Å². The molecule has 0 aliphatic heterocycles. The number of halogens is 4. The first-order chi connectivity index (χ1) is 14.9. The van der Waals surface area contributed by atoms with Crippen LogP contribution in [0.1, 0.15) is 31.1 Å². The second kappa shape index (κ2) is 10.3. The van der Waals surface area contributed by atoms with E-state index >= 15 is 0 Å². The SMILES string of the molecule is CCN(CC)S(=O)(=O)c1cc(C(=O)OC(C)C(=O)Nc2ccc(F)c(F)c2F)ccc1Cl.